The number of hydrogen-bond donors (Lipinski definition) is 1. The van der Waals surface area contributed by atoms with Gasteiger partial charge in [0.2, 0.25) is 46.8 Å². The molecule has 0 radical (unpaired) electrons. The average Bonchev–Trinajstić information content (AvgIpc) is 1.70. The van der Waals surface area contributed by atoms with Gasteiger partial charge in [-0.15, -0.1) is 0 Å². The minimum atomic E-state index is -4.52. The molecule has 3 unspecified atom stereocenters. The van der Waals surface area contributed by atoms with Crippen LogP contribution in [0.1, 0.15) is 171 Å². The number of aromatic nitrogens is 12. The molecule has 1 saturated carbocycles. The highest BCUT2D eigenvalue weighted by molar-refractivity contribution is 6.33. The number of anilines is 4. The molecule has 1 aliphatic carbocycles. The average molecular weight is 2120 g/mol. The summed E-state index contributed by atoms with van der Waals surface area (Å²) in [4.78, 5) is 113. The normalized spacial score (nSPS) is 16.9. The first kappa shape index (κ1) is 106. The van der Waals surface area contributed by atoms with Gasteiger partial charge in [0.25, 0.3) is 24.9 Å². The lowest BCUT2D eigenvalue weighted by atomic mass is 9.97. The number of aliphatic imine (C=N–C) groups is 3. The predicted molar refractivity (Wildman–Crippen MR) is 533 cm³/mol. The number of carbonyl (C=O) groups is 4. The number of nitrogens with zero attached hydrogens (tertiary/aromatic N) is 21. The van der Waals surface area contributed by atoms with Gasteiger partial charge in [-0.3, -0.25) is 43.8 Å². The Morgan fingerprint density at radius 3 is 1.30 bits per heavy atom. The number of benzene rings is 7. The van der Waals surface area contributed by atoms with Gasteiger partial charge in [0.1, 0.15) is 43.5 Å². The summed E-state index contributed by atoms with van der Waals surface area (Å²) in [5.74, 6) is 4.47. The van der Waals surface area contributed by atoms with Crippen molar-refractivity contribution in [3.63, 3.8) is 0 Å². The molecular weight excluding hydrogens is 2020 g/mol. The third-order valence-electron chi connectivity index (χ3n) is 25.7. The van der Waals surface area contributed by atoms with E-state index in [-0.39, 0.29) is 132 Å². The van der Waals surface area contributed by atoms with Crippen molar-refractivity contribution in [2.75, 3.05) is 39.9 Å². The number of rotatable bonds is 20. The maximum atomic E-state index is 13.5. The SMILES string of the molecule is C.C.C.C.CC(C)c1ccccc1-c1ncc2c(n1)N(Cc1ccc(C3N=C(C(F)(F)F)C=[N+]3C3COC3)cc1)C(=O)C2.C[N+]1=CC(C(F)(F)F)=NC1c1ccc(CN2C(=O)Cc3cnc(-c4ccccc4C(F)F)nc32)cc1.Cn1ccc2cccc(-c3ncc4c(n3)N(Cc3ccc(-n5cccn5)cc3)C(=O)C4)c21.O=C1Cc2cnc(-c3cccnc3C3CC3)nc2N1Cc1ccc(C2N=C(C(F)(F)F)C=[NH+]2)cc1.[I-]. The Kier molecular flexibility index (Phi) is 31.3. The van der Waals surface area contributed by atoms with E-state index in [1.54, 1.807) is 117 Å². The second-order valence-electron chi connectivity index (χ2n) is 35.7. The van der Waals surface area contributed by atoms with Crippen LogP contribution in [0.4, 0.5) is 71.6 Å². The zero-order chi connectivity index (χ0) is 98.7. The van der Waals surface area contributed by atoms with Gasteiger partial charge in [-0.25, -0.2) is 77.9 Å². The highest BCUT2D eigenvalue weighted by atomic mass is 127. The third kappa shape index (κ3) is 22.2. The Labute approximate surface area is 856 Å². The van der Waals surface area contributed by atoms with Crippen molar-refractivity contribution in [3.05, 3.63) is 316 Å². The number of halogens is 12. The second-order valence-corrected chi connectivity index (χ2v) is 35.7. The Morgan fingerprint density at radius 1 is 0.442 bits per heavy atom. The van der Waals surface area contributed by atoms with Crippen molar-refractivity contribution in [1.82, 2.24) is 59.2 Å². The van der Waals surface area contributed by atoms with Crippen LogP contribution in [0.5, 0.6) is 0 Å². The van der Waals surface area contributed by atoms with Crippen LogP contribution in [-0.2, 0) is 82.8 Å². The van der Waals surface area contributed by atoms with E-state index in [0.717, 1.165) is 115 Å². The molecule has 7 aromatic heterocycles. The molecule has 147 heavy (non-hydrogen) atoms. The summed E-state index contributed by atoms with van der Waals surface area (Å²) in [5.41, 5.74) is 12.4. The van der Waals surface area contributed by atoms with Gasteiger partial charge in [0, 0.05) is 135 Å². The van der Waals surface area contributed by atoms with Crippen LogP contribution < -0.4 is 48.6 Å². The maximum absolute atomic E-state index is 13.5. The van der Waals surface area contributed by atoms with Gasteiger partial charge in [-0.05, 0) is 125 Å². The second kappa shape index (κ2) is 43.5. The van der Waals surface area contributed by atoms with Crippen molar-refractivity contribution < 1.29 is 110 Å². The predicted octanol–water partition coefficient (Wildman–Crippen LogP) is 15.9. The molecule has 7 aromatic carbocycles. The van der Waals surface area contributed by atoms with E-state index in [9.17, 15) is 67.5 Å². The minimum Gasteiger partial charge on any atom is -1.00 e. The molecule has 3 atom stereocenters. The van der Waals surface area contributed by atoms with Crippen molar-refractivity contribution in [2.45, 2.75) is 170 Å². The van der Waals surface area contributed by atoms with Crippen LogP contribution in [0.2, 0.25) is 0 Å². The number of aryl methyl sites for hydroxylation is 1. The van der Waals surface area contributed by atoms with E-state index in [0.29, 0.717) is 108 Å². The van der Waals surface area contributed by atoms with Gasteiger partial charge in [-0.1, -0.05) is 153 Å². The first-order valence-corrected chi connectivity index (χ1v) is 45.6. The van der Waals surface area contributed by atoms with Crippen LogP contribution in [-0.4, -0.2) is 173 Å². The number of fused-ring (bicyclic) bond motifs is 5. The highest BCUT2D eigenvalue weighted by Crippen LogP contribution is 2.45. The van der Waals surface area contributed by atoms with E-state index < -0.39 is 60.6 Å². The van der Waals surface area contributed by atoms with Crippen LogP contribution in [0.3, 0.4) is 0 Å². The lowest BCUT2D eigenvalue weighted by Crippen LogP contribution is -3.00. The van der Waals surface area contributed by atoms with Crippen LogP contribution in [0, 0.1) is 0 Å². The van der Waals surface area contributed by atoms with Gasteiger partial charge in [-0.2, -0.15) is 49.2 Å². The quantitative estimate of drug-likeness (QED) is 0.0421. The molecule has 0 spiro atoms. The summed E-state index contributed by atoms with van der Waals surface area (Å²) >= 11 is 0. The Hall–Kier alpha value is -15.4. The molecule has 27 nitrogen and oxygen atoms in total. The van der Waals surface area contributed by atoms with E-state index in [1.165, 1.54) is 40.9 Å². The maximum Gasteiger partial charge on any atom is 0.439 e. The minimum absolute atomic E-state index is 0. The number of pyridine rings is 1. The molecule has 756 valence electrons. The summed E-state index contributed by atoms with van der Waals surface area (Å²) < 4.78 is 157. The molecule has 4 amide bonds. The highest BCUT2D eigenvalue weighted by Gasteiger charge is 2.49. The van der Waals surface area contributed by atoms with Gasteiger partial charge in [0.15, 0.2) is 41.9 Å². The molecule has 1 saturated heterocycles. The van der Waals surface area contributed by atoms with E-state index in [1.807, 2.05) is 109 Å². The van der Waals surface area contributed by atoms with Crippen molar-refractivity contribution in [1.29, 1.82) is 0 Å². The number of ether oxygens (including phenoxy) is 1. The lowest BCUT2D eigenvalue weighted by Gasteiger charge is -2.25. The molecular formula is C108H102F11IN22O5+2. The van der Waals surface area contributed by atoms with E-state index in [4.69, 9.17) is 19.7 Å². The molecule has 2 fully saturated rings. The Balaban J connectivity index is 0.000000146. The van der Waals surface area contributed by atoms with Crippen molar-refractivity contribution in [2.24, 2.45) is 22.0 Å². The monoisotopic (exact) mass is 2120 g/mol. The van der Waals surface area contributed by atoms with Gasteiger partial charge < -0.3 is 33.3 Å². The van der Waals surface area contributed by atoms with E-state index >= 15 is 0 Å². The number of para-hydroxylation sites is 1. The van der Waals surface area contributed by atoms with Crippen LogP contribution in [0.15, 0.2) is 253 Å². The molecule has 15 heterocycles. The van der Waals surface area contributed by atoms with Gasteiger partial charge >= 0.3 is 18.5 Å². The van der Waals surface area contributed by atoms with Gasteiger partial charge in [0.05, 0.1) is 68.8 Å². The summed E-state index contributed by atoms with van der Waals surface area (Å²) in [7, 11) is 3.53. The first-order chi connectivity index (χ1) is 68.3. The summed E-state index contributed by atoms with van der Waals surface area (Å²) in [6.45, 7) is 6.18. The van der Waals surface area contributed by atoms with Crippen LogP contribution in [0.25, 0.3) is 62.1 Å². The van der Waals surface area contributed by atoms with E-state index in [2.05, 4.69) is 91.6 Å². The zero-order valence-electron chi connectivity index (χ0n) is 76.7. The van der Waals surface area contributed by atoms with Crippen molar-refractivity contribution >= 4 is 93.6 Å². The Bertz CT molecular complexity index is 7490. The lowest BCUT2D eigenvalue weighted by molar-refractivity contribution is -0.620. The summed E-state index contributed by atoms with van der Waals surface area (Å²) in [5, 5.41) is 5.40. The molecule has 0 bridgehead atoms. The molecule has 9 aliphatic rings. The largest absolute Gasteiger partial charge is 1.00 e. The topological polar surface area (TPSA) is 286 Å². The fourth-order valence-electron chi connectivity index (χ4n) is 18.1. The number of hydrogen-bond acceptors (Lipinski definition) is 18. The van der Waals surface area contributed by atoms with Crippen molar-refractivity contribution in [3.8, 4) is 51.2 Å². The fraction of sp³-hybridized carbons (Fsp3) is 0.278. The molecule has 1 N–H and O–H groups in total. The fourth-order valence-corrected chi connectivity index (χ4v) is 18.1. The third-order valence-corrected chi connectivity index (χ3v) is 25.7. The summed E-state index contributed by atoms with van der Waals surface area (Å²) in [6, 6.07) is 56.7. The van der Waals surface area contributed by atoms with Crippen LogP contribution >= 0.6 is 0 Å². The first-order valence-electron chi connectivity index (χ1n) is 45.6. The number of carbonyl (C=O) groups excluding carboxylic acids is 4. The summed E-state index contributed by atoms with van der Waals surface area (Å²) in [6.07, 6.45) is 1.58. The molecule has 8 aliphatic heterocycles. The number of amides is 4. The molecule has 23 rings (SSSR count). The zero-order valence-corrected chi connectivity index (χ0v) is 78.9. The molecule has 14 aromatic rings. The number of alkyl halides is 11. The Morgan fingerprint density at radius 2 is 0.864 bits per heavy atom. The molecule has 39 heteroatoms. The number of nitrogens with one attached hydrogen (secondary N) is 1. The standard InChI is InChI=1S/C29H27F3N5O2.C25H19F5N5O.C25H19F3N6O.C25H20N6O.4CH4.HI/c1-17(2)22-5-3-4-6-23(22)26-33-12-20-11-25(38)37(28(20)35-26)13-18-7-9-19(10-8-18)27-34-24(29(30,31)32)14-36(27)21-15-39-16-21;1-34-13-19(25(28,29)30)32-23(34)15-8-6-14(7-9-15)12-35-20(36)10-16-11-31-22(33-24(16)35)18-5-3-2-4-17(18)21(26)27;26-25(27,28)19-12-31-22(32-19)16-5-3-14(4-6-16)13-34-20(35)10-17-11-30-23(33-24(17)34)18-2-1-9-29-21(18)15-7-8-15;1-29-13-10-18-4-2-5-21(23(18)29)24-26-15-19-14-22(32)30(25(19)28-24)16-17-6-8-20(9-7-17)31-12-3-11-27-31;;;;;/h3-10,12,14,17,21,27H,11,13,15-16H2,1-2H3;2-9,11,13,21,23H,10,12H2,1H3;1-6,9,11-12,15,22H,7-8,10,13H2;2-13,15H,14,16H2,1H3;4*1H4;1H/q2*+1;;;;;;;. The smallest absolute Gasteiger partial charge is 0.439 e.